The first-order valence-electron chi connectivity index (χ1n) is 9.51. The van der Waals surface area contributed by atoms with Crippen LogP contribution in [0.2, 0.25) is 0 Å². The Balaban J connectivity index is 1.73. The van der Waals surface area contributed by atoms with Gasteiger partial charge in [-0.2, -0.15) is 5.10 Å². The smallest absolute Gasteiger partial charge is 0.269 e. The molecular formula is C21H25N5O. The van der Waals surface area contributed by atoms with Crippen LogP contribution in [0.4, 0.5) is 0 Å². The fraction of sp³-hybridized carbons (Fsp3) is 0.381. The Morgan fingerprint density at radius 2 is 1.93 bits per heavy atom. The van der Waals surface area contributed by atoms with Crippen LogP contribution >= 0.6 is 0 Å². The summed E-state index contributed by atoms with van der Waals surface area (Å²) < 4.78 is 1.85. The molecule has 0 bridgehead atoms. The number of pyridine rings is 1. The molecule has 4 rings (SSSR count). The van der Waals surface area contributed by atoms with Crippen molar-refractivity contribution in [2.24, 2.45) is 5.73 Å². The van der Waals surface area contributed by atoms with E-state index in [0.717, 1.165) is 41.7 Å². The first-order valence-corrected chi connectivity index (χ1v) is 9.51. The molecule has 27 heavy (non-hydrogen) atoms. The molecule has 140 valence electrons. The molecule has 1 saturated heterocycles. The minimum Gasteiger partial charge on any atom is -0.364 e. The third kappa shape index (κ3) is 3.45. The van der Waals surface area contributed by atoms with Crippen LogP contribution in [0.25, 0.3) is 22.0 Å². The Morgan fingerprint density at radius 3 is 2.63 bits per heavy atom. The van der Waals surface area contributed by atoms with Crippen molar-refractivity contribution in [3.8, 4) is 11.1 Å². The second-order valence-electron chi connectivity index (χ2n) is 7.55. The lowest BCUT2D eigenvalue weighted by molar-refractivity contribution is 0.0996. The number of rotatable bonds is 5. The number of fused-ring (bicyclic) bond motifs is 1. The maximum Gasteiger partial charge on any atom is 0.269 e. The van der Waals surface area contributed by atoms with Crippen molar-refractivity contribution >= 4 is 16.8 Å². The zero-order chi connectivity index (χ0) is 19.0. The number of amides is 1. The van der Waals surface area contributed by atoms with E-state index in [1.165, 1.54) is 18.4 Å². The van der Waals surface area contributed by atoms with Crippen molar-refractivity contribution in [3.63, 3.8) is 0 Å². The average molecular weight is 363 g/mol. The van der Waals surface area contributed by atoms with Gasteiger partial charge < -0.3 is 5.73 Å². The molecule has 1 amide bonds. The predicted octanol–water partition coefficient (Wildman–Crippen LogP) is 3.37. The predicted molar refractivity (Wildman–Crippen MR) is 106 cm³/mol. The van der Waals surface area contributed by atoms with Crippen LogP contribution in [0.3, 0.4) is 0 Å². The zero-order valence-electron chi connectivity index (χ0n) is 15.9. The Labute approximate surface area is 159 Å². The molecule has 0 spiro atoms. The summed E-state index contributed by atoms with van der Waals surface area (Å²) in [6.45, 7) is 7.33. The van der Waals surface area contributed by atoms with E-state index >= 15 is 0 Å². The van der Waals surface area contributed by atoms with Crippen molar-refractivity contribution in [3.05, 3.63) is 47.9 Å². The Morgan fingerprint density at radius 1 is 1.15 bits per heavy atom. The number of carbonyl (C=O) groups excluding carboxylic acids is 1. The number of aromatic nitrogens is 3. The summed E-state index contributed by atoms with van der Waals surface area (Å²) in [6, 6.07) is 8.40. The molecule has 1 aliphatic rings. The number of likely N-dealkylation sites (tertiary alicyclic amines) is 1. The molecule has 0 saturated carbocycles. The maximum atomic E-state index is 11.9. The van der Waals surface area contributed by atoms with Gasteiger partial charge in [-0.05, 0) is 69.1 Å². The van der Waals surface area contributed by atoms with Crippen LogP contribution in [0.5, 0.6) is 0 Å². The second kappa shape index (κ2) is 7.12. The number of hydrogen-bond donors (Lipinski definition) is 1. The third-order valence-corrected chi connectivity index (χ3v) is 5.16. The molecule has 0 radical (unpaired) electrons. The summed E-state index contributed by atoms with van der Waals surface area (Å²) in [7, 11) is 0. The molecule has 3 heterocycles. The maximum absolute atomic E-state index is 11.9. The van der Waals surface area contributed by atoms with E-state index in [0.29, 0.717) is 5.69 Å². The largest absolute Gasteiger partial charge is 0.364 e. The van der Waals surface area contributed by atoms with Gasteiger partial charge in [-0.15, -0.1) is 0 Å². The minimum atomic E-state index is -0.502. The summed E-state index contributed by atoms with van der Waals surface area (Å²) >= 11 is 0. The summed E-state index contributed by atoms with van der Waals surface area (Å²) in [5.41, 5.74) is 10.1. The highest BCUT2D eigenvalue weighted by atomic mass is 16.1. The van der Waals surface area contributed by atoms with Crippen LogP contribution < -0.4 is 5.73 Å². The Kier molecular flexibility index (Phi) is 4.66. The molecule has 2 N–H and O–H groups in total. The average Bonchev–Trinajstić information content (AvgIpc) is 3.28. The quantitative estimate of drug-likeness (QED) is 0.754. The van der Waals surface area contributed by atoms with E-state index in [1.807, 2.05) is 43.1 Å². The monoisotopic (exact) mass is 363 g/mol. The molecule has 0 atom stereocenters. The molecule has 0 unspecified atom stereocenters. The highest BCUT2D eigenvalue weighted by Crippen LogP contribution is 2.28. The molecule has 6 nitrogen and oxygen atoms in total. The standard InChI is InChI=1S/C21H25N5O/c1-14(2)26-19-6-5-16(10-18(19)20(24-26)21(22)27)17-9-15(11-23-12-17)13-25-7-3-4-8-25/h5-6,9-12,14H,3-4,7-8,13H2,1-2H3,(H2,22,27). The van der Waals surface area contributed by atoms with E-state index < -0.39 is 5.91 Å². The van der Waals surface area contributed by atoms with E-state index in [2.05, 4.69) is 27.1 Å². The van der Waals surface area contributed by atoms with E-state index in [4.69, 9.17) is 5.73 Å². The van der Waals surface area contributed by atoms with Gasteiger partial charge in [-0.1, -0.05) is 6.07 Å². The number of primary amides is 1. The van der Waals surface area contributed by atoms with Gasteiger partial charge in [0.2, 0.25) is 0 Å². The van der Waals surface area contributed by atoms with Gasteiger partial charge >= 0.3 is 0 Å². The molecule has 1 aromatic carbocycles. The summed E-state index contributed by atoms with van der Waals surface area (Å²) in [6.07, 6.45) is 6.36. The minimum absolute atomic E-state index is 0.150. The van der Waals surface area contributed by atoms with Crippen LogP contribution in [-0.4, -0.2) is 38.7 Å². The Hall–Kier alpha value is -2.73. The summed E-state index contributed by atoms with van der Waals surface area (Å²) in [4.78, 5) is 18.8. The summed E-state index contributed by atoms with van der Waals surface area (Å²) in [5.74, 6) is -0.502. The molecule has 0 aliphatic carbocycles. The molecule has 6 heteroatoms. The van der Waals surface area contributed by atoms with Gasteiger partial charge in [0.15, 0.2) is 5.69 Å². The Bertz CT molecular complexity index is 985. The fourth-order valence-electron chi connectivity index (χ4n) is 3.83. The number of carbonyl (C=O) groups is 1. The van der Waals surface area contributed by atoms with Gasteiger partial charge in [-0.25, -0.2) is 0 Å². The zero-order valence-corrected chi connectivity index (χ0v) is 15.9. The highest BCUT2D eigenvalue weighted by Gasteiger charge is 2.17. The van der Waals surface area contributed by atoms with Gasteiger partial charge in [0.05, 0.1) is 5.52 Å². The van der Waals surface area contributed by atoms with Crippen LogP contribution in [0, 0.1) is 0 Å². The molecule has 2 aromatic heterocycles. The van der Waals surface area contributed by atoms with Crippen molar-refractivity contribution in [1.82, 2.24) is 19.7 Å². The van der Waals surface area contributed by atoms with Crippen molar-refractivity contribution in [2.45, 2.75) is 39.3 Å². The normalized spacial score (nSPS) is 15.1. The van der Waals surface area contributed by atoms with Crippen molar-refractivity contribution < 1.29 is 4.79 Å². The molecule has 1 aliphatic heterocycles. The van der Waals surface area contributed by atoms with Gasteiger partial charge in [-0.3, -0.25) is 19.4 Å². The molecule has 3 aromatic rings. The second-order valence-corrected chi connectivity index (χ2v) is 7.55. The number of hydrogen-bond acceptors (Lipinski definition) is 4. The van der Waals surface area contributed by atoms with E-state index in [1.54, 1.807) is 0 Å². The van der Waals surface area contributed by atoms with E-state index in [9.17, 15) is 4.79 Å². The third-order valence-electron chi connectivity index (χ3n) is 5.16. The van der Waals surface area contributed by atoms with Gasteiger partial charge in [0, 0.05) is 35.9 Å². The molecule has 1 fully saturated rings. The van der Waals surface area contributed by atoms with E-state index in [-0.39, 0.29) is 6.04 Å². The number of benzene rings is 1. The van der Waals surface area contributed by atoms with Gasteiger partial charge in [0.25, 0.3) is 5.91 Å². The lowest BCUT2D eigenvalue weighted by atomic mass is 10.0. The first kappa shape index (κ1) is 17.7. The van der Waals surface area contributed by atoms with Crippen LogP contribution in [0.15, 0.2) is 36.7 Å². The lowest BCUT2D eigenvalue weighted by Crippen LogP contribution is -2.18. The first-order chi connectivity index (χ1) is 13.0. The SMILES string of the molecule is CC(C)n1nc(C(N)=O)c2cc(-c3cncc(CN4CCCC4)c3)ccc21. The topological polar surface area (TPSA) is 77.0 Å². The van der Waals surface area contributed by atoms with Crippen molar-refractivity contribution in [2.75, 3.05) is 13.1 Å². The number of nitrogens with zero attached hydrogens (tertiary/aromatic N) is 4. The number of nitrogens with two attached hydrogens (primary N) is 1. The van der Waals surface area contributed by atoms with Crippen LogP contribution in [-0.2, 0) is 6.54 Å². The summed E-state index contributed by atoms with van der Waals surface area (Å²) in [5, 5.41) is 5.22. The highest BCUT2D eigenvalue weighted by molar-refractivity contribution is 6.05. The van der Waals surface area contributed by atoms with Crippen molar-refractivity contribution in [1.29, 1.82) is 0 Å². The van der Waals surface area contributed by atoms with Crippen LogP contribution in [0.1, 0.15) is 48.8 Å². The fourth-order valence-corrected chi connectivity index (χ4v) is 3.83. The van der Waals surface area contributed by atoms with Gasteiger partial charge in [0.1, 0.15) is 0 Å². The molecular weight excluding hydrogens is 338 g/mol. The lowest BCUT2D eigenvalue weighted by Gasteiger charge is -2.15.